The average molecular weight is 418 g/mol. The fourth-order valence-electron chi connectivity index (χ4n) is 2.60. The molecule has 152 valence electrons. The first-order valence-corrected chi connectivity index (χ1v) is 9.69. The predicted octanol–water partition coefficient (Wildman–Crippen LogP) is 1.19. The molecule has 3 rings (SSSR count). The molecular formula is C18H18N4O6S. The van der Waals surface area contributed by atoms with E-state index in [9.17, 15) is 19.2 Å². The van der Waals surface area contributed by atoms with Crippen molar-refractivity contribution in [1.29, 1.82) is 0 Å². The molecule has 0 aliphatic rings. The summed E-state index contributed by atoms with van der Waals surface area (Å²) in [6.07, 6.45) is 0.575. The van der Waals surface area contributed by atoms with Crippen LogP contribution in [0.3, 0.4) is 0 Å². The number of nitrogens with zero attached hydrogens (tertiary/aromatic N) is 2. The zero-order chi connectivity index (χ0) is 21.0. The lowest BCUT2D eigenvalue weighted by Crippen LogP contribution is -2.37. The fourth-order valence-corrected chi connectivity index (χ4v) is 3.23. The van der Waals surface area contributed by atoms with Crippen molar-refractivity contribution in [3.8, 4) is 0 Å². The largest absolute Gasteiger partial charge is 0.457 e. The number of Topliss-reactive ketones (excluding diaryl/α,β-unsaturated/α-hetero) is 1. The van der Waals surface area contributed by atoms with Gasteiger partial charge < -0.3 is 14.9 Å². The van der Waals surface area contributed by atoms with Gasteiger partial charge in [-0.2, -0.15) is 0 Å². The minimum atomic E-state index is -0.915. The Balaban J connectivity index is 1.61. The van der Waals surface area contributed by atoms with Crippen molar-refractivity contribution >= 4 is 40.4 Å². The highest BCUT2D eigenvalue weighted by Gasteiger charge is 2.20. The summed E-state index contributed by atoms with van der Waals surface area (Å²) in [5.74, 6) is -1.87. The number of carbonyl (C=O) groups excluding carboxylic acids is 2. The molecule has 10 nitrogen and oxygen atoms in total. The number of oxazole rings is 1. The van der Waals surface area contributed by atoms with Gasteiger partial charge in [0.2, 0.25) is 5.78 Å². The summed E-state index contributed by atoms with van der Waals surface area (Å²) in [5.41, 5.74) is 5.05. The number of fused-ring (bicyclic) bond motifs is 1. The molecule has 0 saturated heterocycles. The first kappa shape index (κ1) is 20.4. The van der Waals surface area contributed by atoms with Crippen molar-refractivity contribution in [3.63, 3.8) is 0 Å². The van der Waals surface area contributed by atoms with E-state index in [1.807, 2.05) is 18.0 Å². The molecule has 0 aliphatic carbocycles. The van der Waals surface area contributed by atoms with Gasteiger partial charge in [0.1, 0.15) is 22.7 Å². The van der Waals surface area contributed by atoms with E-state index in [4.69, 9.17) is 14.9 Å². The standard InChI is InChI=1S/C18H18N4O6S/c1-2-7-22-15(19)14(16(25)21-17(22)26)11(23)8-27-13(24)9-29-18-20-10-5-3-4-6-12(10)28-18/h3-6H,2,7-9,19H2,1H3,(H,21,25,26). The van der Waals surface area contributed by atoms with Gasteiger partial charge >= 0.3 is 11.7 Å². The Morgan fingerprint density at radius 2 is 2.07 bits per heavy atom. The molecular weight excluding hydrogens is 400 g/mol. The van der Waals surface area contributed by atoms with Crippen LogP contribution in [0.1, 0.15) is 23.7 Å². The maximum Gasteiger partial charge on any atom is 0.329 e. The van der Waals surface area contributed by atoms with E-state index < -0.39 is 35.2 Å². The number of H-pyrrole nitrogens is 1. The lowest BCUT2D eigenvalue weighted by Gasteiger charge is -2.11. The number of anilines is 1. The van der Waals surface area contributed by atoms with Crippen LogP contribution < -0.4 is 17.0 Å². The summed E-state index contributed by atoms with van der Waals surface area (Å²) in [6.45, 7) is 1.38. The predicted molar refractivity (Wildman–Crippen MR) is 106 cm³/mol. The quantitative estimate of drug-likeness (QED) is 0.312. The van der Waals surface area contributed by atoms with Gasteiger partial charge in [0, 0.05) is 6.54 Å². The van der Waals surface area contributed by atoms with Crippen molar-refractivity contribution in [2.24, 2.45) is 0 Å². The number of benzene rings is 1. The fraction of sp³-hybridized carbons (Fsp3) is 0.278. The Labute approximate surface area is 168 Å². The molecule has 1 aromatic carbocycles. The van der Waals surface area contributed by atoms with Crippen molar-refractivity contribution < 1.29 is 18.7 Å². The average Bonchev–Trinajstić information content (AvgIpc) is 3.11. The van der Waals surface area contributed by atoms with Gasteiger partial charge in [0.15, 0.2) is 12.2 Å². The van der Waals surface area contributed by atoms with E-state index in [2.05, 4.69) is 4.98 Å². The molecule has 0 fully saturated rings. The van der Waals surface area contributed by atoms with Crippen LogP contribution in [0.5, 0.6) is 0 Å². The Kier molecular flexibility index (Phi) is 6.17. The number of nitrogens with one attached hydrogen (secondary N) is 1. The summed E-state index contributed by atoms with van der Waals surface area (Å²) in [6, 6.07) is 7.15. The molecule has 29 heavy (non-hydrogen) atoms. The van der Waals surface area contributed by atoms with Crippen LogP contribution >= 0.6 is 11.8 Å². The number of hydrogen-bond acceptors (Lipinski definition) is 9. The summed E-state index contributed by atoms with van der Waals surface area (Å²) in [4.78, 5) is 54.3. The molecule has 0 spiro atoms. The highest BCUT2D eigenvalue weighted by Crippen LogP contribution is 2.23. The second-order valence-electron chi connectivity index (χ2n) is 5.99. The van der Waals surface area contributed by atoms with Crippen LogP contribution in [-0.2, 0) is 16.1 Å². The van der Waals surface area contributed by atoms with Crippen LogP contribution in [0.15, 0.2) is 43.5 Å². The van der Waals surface area contributed by atoms with Gasteiger partial charge in [-0.3, -0.25) is 23.9 Å². The number of thioether (sulfide) groups is 1. The van der Waals surface area contributed by atoms with Gasteiger partial charge in [-0.05, 0) is 18.6 Å². The Bertz CT molecular complexity index is 1150. The molecule has 2 heterocycles. The SMILES string of the molecule is CCCn1c(N)c(C(=O)COC(=O)CSc2nc3ccccc3o2)c(=O)[nH]c1=O. The number of nitrogen functional groups attached to an aromatic ring is 1. The van der Waals surface area contributed by atoms with Gasteiger partial charge in [-0.25, -0.2) is 9.78 Å². The van der Waals surface area contributed by atoms with Crippen molar-refractivity contribution in [2.45, 2.75) is 25.1 Å². The van der Waals surface area contributed by atoms with Crippen LogP contribution in [0.2, 0.25) is 0 Å². The maximum absolute atomic E-state index is 12.3. The molecule has 0 amide bonds. The molecule has 0 radical (unpaired) electrons. The first-order valence-electron chi connectivity index (χ1n) is 8.70. The van der Waals surface area contributed by atoms with Crippen LogP contribution in [0, 0.1) is 0 Å². The Morgan fingerprint density at radius 1 is 1.31 bits per heavy atom. The Hall–Kier alpha value is -3.34. The number of rotatable bonds is 8. The number of carbonyl (C=O) groups is 2. The number of ketones is 1. The number of nitrogens with two attached hydrogens (primary N) is 1. The highest BCUT2D eigenvalue weighted by molar-refractivity contribution is 7.99. The molecule has 0 atom stereocenters. The van der Waals surface area contributed by atoms with Gasteiger partial charge in [-0.1, -0.05) is 30.8 Å². The number of esters is 1. The van der Waals surface area contributed by atoms with Crippen molar-refractivity contribution in [1.82, 2.24) is 14.5 Å². The summed E-state index contributed by atoms with van der Waals surface area (Å²) < 4.78 is 11.5. The lowest BCUT2D eigenvalue weighted by atomic mass is 10.2. The zero-order valence-electron chi connectivity index (χ0n) is 15.5. The Morgan fingerprint density at radius 3 is 2.79 bits per heavy atom. The lowest BCUT2D eigenvalue weighted by molar-refractivity contribution is -0.139. The maximum atomic E-state index is 12.3. The van der Waals surface area contributed by atoms with Crippen molar-refractivity contribution in [2.75, 3.05) is 18.1 Å². The third kappa shape index (κ3) is 4.57. The summed E-state index contributed by atoms with van der Waals surface area (Å²) >= 11 is 1.02. The van der Waals surface area contributed by atoms with E-state index in [1.54, 1.807) is 18.2 Å². The molecule has 0 unspecified atom stereocenters. The summed E-state index contributed by atoms with van der Waals surface area (Å²) in [5, 5.41) is 0.293. The minimum Gasteiger partial charge on any atom is -0.457 e. The van der Waals surface area contributed by atoms with Crippen LogP contribution in [0.25, 0.3) is 11.1 Å². The van der Waals surface area contributed by atoms with E-state index in [1.165, 1.54) is 0 Å². The number of hydrogen-bond donors (Lipinski definition) is 2. The van der Waals surface area contributed by atoms with Gasteiger partial charge in [-0.15, -0.1) is 0 Å². The van der Waals surface area contributed by atoms with Gasteiger partial charge in [0.25, 0.3) is 10.8 Å². The number of aromatic nitrogens is 3. The van der Waals surface area contributed by atoms with Crippen molar-refractivity contribution in [3.05, 3.63) is 50.7 Å². The third-order valence-corrected chi connectivity index (χ3v) is 4.72. The molecule has 0 saturated carbocycles. The second-order valence-corrected chi connectivity index (χ2v) is 6.92. The smallest absolute Gasteiger partial charge is 0.329 e. The zero-order valence-corrected chi connectivity index (χ0v) is 16.3. The highest BCUT2D eigenvalue weighted by atomic mass is 32.2. The van der Waals surface area contributed by atoms with E-state index in [0.717, 1.165) is 16.3 Å². The van der Waals surface area contributed by atoms with E-state index in [0.29, 0.717) is 22.7 Å². The summed E-state index contributed by atoms with van der Waals surface area (Å²) in [7, 11) is 0. The van der Waals surface area contributed by atoms with Crippen LogP contribution in [0.4, 0.5) is 5.82 Å². The van der Waals surface area contributed by atoms with E-state index in [-0.39, 0.29) is 18.1 Å². The molecule has 0 bridgehead atoms. The first-order chi connectivity index (χ1) is 13.9. The monoisotopic (exact) mass is 418 g/mol. The molecule has 2 aromatic heterocycles. The normalized spacial score (nSPS) is 10.9. The third-order valence-electron chi connectivity index (χ3n) is 3.92. The molecule has 3 aromatic rings. The van der Waals surface area contributed by atoms with Crippen LogP contribution in [-0.4, -0.2) is 38.6 Å². The van der Waals surface area contributed by atoms with Gasteiger partial charge in [0.05, 0.1) is 0 Å². The topological polar surface area (TPSA) is 150 Å². The van der Waals surface area contributed by atoms with E-state index >= 15 is 0 Å². The molecule has 11 heteroatoms. The second kappa shape index (κ2) is 8.78. The number of para-hydroxylation sites is 2. The number of aromatic amines is 1. The minimum absolute atomic E-state index is 0.138. The molecule has 0 aliphatic heterocycles. The number of ether oxygens (including phenoxy) is 1. The molecule has 3 N–H and O–H groups in total.